The fourth-order valence-corrected chi connectivity index (χ4v) is 2.65. The molecule has 0 amide bonds. The van der Waals surface area contributed by atoms with Gasteiger partial charge in [-0.25, -0.2) is 14.3 Å². The van der Waals surface area contributed by atoms with Gasteiger partial charge in [-0.2, -0.15) is 5.10 Å². The topological polar surface area (TPSA) is 88.8 Å². The Morgan fingerprint density at radius 3 is 3.00 bits per heavy atom. The number of rotatable bonds is 5. The normalized spacial score (nSPS) is 12.1. The van der Waals surface area contributed by atoms with E-state index in [1.807, 2.05) is 6.92 Å². The molecule has 25 heavy (non-hydrogen) atoms. The number of carbonyl (C=O) groups is 1. The number of hydrogen-bond donors (Lipinski definition) is 2. The van der Waals surface area contributed by atoms with Crippen molar-refractivity contribution in [1.82, 2.24) is 14.6 Å². The van der Waals surface area contributed by atoms with Crippen LogP contribution < -0.4 is 5.32 Å². The number of anilines is 1. The fraction of sp³-hybridized carbons (Fsp3) is 0.235. The second-order valence-corrected chi connectivity index (χ2v) is 5.87. The molecule has 0 fully saturated rings. The Labute approximate surface area is 149 Å². The van der Waals surface area contributed by atoms with E-state index in [1.54, 1.807) is 37.4 Å². The maximum absolute atomic E-state index is 12.0. The number of nitrogens with one attached hydrogen (secondary N) is 1. The first-order valence-electron chi connectivity index (χ1n) is 7.76. The number of phenolic OH excluding ortho intramolecular Hbond substituents is 1. The van der Waals surface area contributed by atoms with Gasteiger partial charge in [-0.3, -0.25) is 0 Å². The van der Waals surface area contributed by atoms with Gasteiger partial charge in [0.15, 0.2) is 5.65 Å². The Morgan fingerprint density at radius 1 is 1.44 bits per heavy atom. The van der Waals surface area contributed by atoms with Crippen molar-refractivity contribution in [3.63, 3.8) is 0 Å². The molecule has 2 heterocycles. The SMILES string of the molecule is CCOC(=O)c1cnn2ccc(NC(C)c3cc(Cl)ccc3O)nc12. The van der Waals surface area contributed by atoms with E-state index in [4.69, 9.17) is 16.3 Å². The molecule has 0 radical (unpaired) electrons. The van der Waals surface area contributed by atoms with E-state index in [1.165, 1.54) is 10.7 Å². The van der Waals surface area contributed by atoms with Crippen molar-refractivity contribution >= 4 is 29.0 Å². The Kier molecular flexibility index (Phi) is 4.76. The molecule has 7 nitrogen and oxygen atoms in total. The van der Waals surface area contributed by atoms with Crippen LogP contribution in [0, 0.1) is 0 Å². The maximum Gasteiger partial charge on any atom is 0.343 e. The Balaban J connectivity index is 1.90. The molecule has 0 bridgehead atoms. The summed E-state index contributed by atoms with van der Waals surface area (Å²) in [6, 6.07) is 6.34. The van der Waals surface area contributed by atoms with Gasteiger partial charge < -0.3 is 15.2 Å². The fourth-order valence-electron chi connectivity index (χ4n) is 2.47. The number of fused-ring (bicyclic) bond motifs is 1. The minimum atomic E-state index is -0.470. The molecule has 1 unspecified atom stereocenters. The molecule has 1 aromatic carbocycles. The lowest BCUT2D eigenvalue weighted by molar-refractivity contribution is 0.0528. The molecular formula is C17H17ClN4O3. The summed E-state index contributed by atoms with van der Waals surface area (Å²) >= 11 is 6.00. The molecule has 0 aliphatic rings. The Morgan fingerprint density at radius 2 is 2.24 bits per heavy atom. The third-order valence-electron chi connectivity index (χ3n) is 3.68. The van der Waals surface area contributed by atoms with E-state index in [-0.39, 0.29) is 18.4 Å². The van der Waals surface area contributed by atoms with Crippen LogP contribution in [0.25, 0.3) is 5.65 Å². The highest BCUT2D eigenvalue weighted by atomic mass is 35.5. The molecule has 0 saturated heterocycles. The summed E-state index contributed by atoms with van der Waals surface area (Å²) in [6.45, 7) is 3.89. The molecule has 0 spiro atoms. The zero-order chi connectivity index (χ0) is 18.0. The van der Waals surface area contributed by atoms with Crippen molar-refractivity contribution < 1.29 is 14.6 Å². The molecule has 130 valence electrons. The van der Waals surface area contributed by atoms with Crippen molar-refractivity contribution in [2.75, 3.05) is 11.9 Å². The molecule has 0 aliphatic heterocycles. The van der Waals surface area contributed by atoms with Gasteiger partial charge in [0.25, 0.3) is 0 Å². The summed E-state index contributed by atoms with van der Waals surface area (Å²) in [5, 5.41) is 17.8. The highest BCUT2D eigenvalue weighted by Crippen LogP contribution is 2.29. The van der Waals surface area contributed by atoms with Crippen LogP contribution in [-0.2, 0) is 4.74 Å². The Hall–Kier alpha value is -2.80. The molecule has 3 aromatic rings. The van der Waals surface area contributed by atoms with E-state index in [9.17, 15) is 9.90 Å². The molecule has 2 N–H and O–H groups in total. The number of carbonyl (C=O) groups excluding carboxylic acids is 1. The lowest BCUT2D eigenvalue weighted by atomic mass is 10.1. The predicted octanol–water partition coefficient (Wildman–Crippen LogP) is 3.44. The third kappa shape index (κ3) is 3.51. The van der Waals surface area contributed by atoms with Gasteiger partial charge in [-0.15, -0.1) is 0 Å². The maximum atomic E-state index is 12.0. The summed E-state index contributed by atoms with van der Waals surface area (Å²) in [7, 11) is 0. The van der Waals surface area contributed by atoms with Gasteiger partial charge in [-0.1, -0.05) is 11.6 Å². The summed E-state index contributed by atoms with van der Waals surface area (Å²) in [6.07, 6.45) is 3.12. The van der Waals surface area contributed by atoms with Gasteiger partial charge in [-0.05, 0) is 38.1 Å². The van der Waals surface area contributed by atoms with Crippen molar-refractivity contribution in [3.05, 3.63) is 52.8 Å². The van der Waals surface area contributed by atoms with Crippen LogP contribution in [0.1, 0.15) is 35.8 Å². The second-order valence-electron chi connectivity index (χ2n) is 5.43. The van der Waals surface area contributed by atoms with Crippen molar-refractivity contribution in [3.8, 4) is 5.75 Å². The lowest BCUT2D eigenvalue weighted by Gasteiger charge is -2.16. The van der Waals surface area contributed by atoms with E-state index >= 15 is 0 Å². The van der Waals surface area contributed by atoms with Gasteiger partial charge in [0.1, 0.15) is 17.1 Å². The zero-order valence-electron chi connectivity index (χ0n) is 13.7. The number of aromatic hydroxyl groups is 1. The first-order chi connectivity index (χ1) is 12.0. The van der Waals surface area contributed by atoms with Crippen LogP contribution in [0.4, 0.5) is 5.82 Å². The zero-order valence-corrected chi connectivity index (χ0v) is 14.5. The van der Waals surface area contributed by atoms with Crippen molar-refractivity contribution in [2.45, 2.75) is 19.9 Å². The molecule has 1 atom stereocenters. The largest absolute Gasteiger partial charge is 0.508 e. The number of nitrogens with zero attached hydrogens (tertiary/aromatic N) is 3. The monoisotopic (exact) mass is 360 g/mol. The summed E-state index contributed by atoms with van der Waals surface area (Å²) in [5.41, 5.74) is 1.34. The van der Waals surface area contributed by atoms with E-state index in [0.717, 1.165) is 0 Å². The minimum Gasteiger partial charge on any atom is -0.508 e. The quantitative estimate of drug-likeness (QED) is 0.677. The number of ether oxygens (including phenoxy) is 1. The number of esters is 1. The predicted molar refractivity (Wildman–Crippen MR) is 94.1 cm³/mol. The minimum absolute atomic E-state index is 0.141. The van der Waals surface area contributed by atoms with Crippen LogP contribution in [0.3, 0.4) is 0 Å². The average Bonchev–Trinajstić information content (AvgIpc) is 3.00. The summed E-state index contributed by atoms with van der Waals surface area (Å²) in [4.78, 5) is 16.4. The van der Waals surface area contributed by atoms with Crippen LogP contribution in [0.15, 0.2) is 36.7 Å². The van der Waals surface area contributed by atoms with Crippen molar-refractivity contribution in [1.29, 1.82) is 0 Å². The summed E-state index contributed by atoms with van der Waals surface area (Å²) < 4.78 is 6.51. The number of hydrogen-bond acceptors (Lipinski definition) is 6. The van der Waals surface area contributed by atoms with Crippen molar-refractivity contribution in [2.24, 2.45) is 0 Å². The first-order valence-corrected chi connectivity index (χ1v) is 8.14. The van der Waals surface area contributed by atoms with Crippen LogP contribution >= 0.6 is 11.6 Å². The third-order valence-corrected chi connectivity index (χ3v) is 3.92. The van der Waals surface area contributed by atoms with Gasteiger partial charge in [0.05, 0.1) is 18.8 Å². The number of benzene rings is 1. The number of phenols is 1. The van der Waals surface area contributed by atoms with Gasteiger partial charge in [0, 0.05) is 16.8 Å². The Bertz CT molecular complexity index is 925. The summed E-state index contributed by atoms with van der Waals surface area (Å²) in [5.74, 6) is 0.204. The van der Waals surface area contributed by atoms with E-state index in [2.05, 4.69) is 15.4 Å². The van der Waals surface area contributed by atoms with Crippen LogP contribution in [0.2, 0.25) is 5.02 Å². The highest BCUT2D eigenvalue weighted by molar-refractivity contribution is 6.30. The van der Waals surface area contributed by atoms with Crippen LogP contribution in [0.5, 0.6) is 5.75 Å². The van der Waals surface area contributed by atoms with Gasteiger partial charge >= 0.3 is 5.97 Å². The van der Waals surface area contributed by atoms with Gasteiger partial charge in [0.2, 0.25) is 0 Å². The van der Waals surface area contributed by atoms with Crippen LogP contribution in [-0.4, -0.2) is 32.3 Å². The molecule has 0 aliphatic carbocycles. The smallest absolute Gasteiger partial charge is 0.343 e. The number of aromatic nitrogens is 3. The first kappa shape index (κ1) is 17.0. The van der Waals surface area contributed by atoms with E-state index < -0.39 is 5.97 Å². The molecule has 2 aromatic heterocycles. The standard InChI is InChI=1S/C17H17ClN4O3/c1-3-25-17(24)13-9-19-22-7-6-15(21-16(13)22)20-10(2)12-8-11(18)4-5-14(12)23/h4-10,23H,3H2,1-2H3,(H,20,21). The molecular weight excluding hydrogens is 344 g/mol. The molecule has 8 heteroatoms. The number of halogens is 1. The van der Waals surface area contributed by atoms with E-state index in [0.29, 0.717) is 27.6 Å². The molecule has 0 saturated carbocycles. The highest BCUT2D eigenvalue weighted by Gasteiger charge is 2.17. The lowest BCUT2D eigenvalue weighted by Crippen LogP contribution is -2.10. The average molecular weight is 361 g/mol. The molecule has 3 rings (SSSR count). The second kappa shape index (κ2) is 6.98.